The normalized spacial score (nSPS) is 28.2. The molecule has 6 fully saturated rings. The van der Waals surface area contributed by atoms with Gasteiger partial charge in [0.05, 0.1) is 99.7 Å². The molecule has 16 rings (SSSR count). The van der Waals surface area contributed by atoms with Crippen molar-refractivity contribution >= 4 is 73.7 Å². The second kappa shape index (κ2) is 33.5. The molecule has 10 aromatic rings. The molecule has 0 saturated carbocycles. The number of rotatable bonds is 12. The molecule has 0 amide bonds. The number of imidazole rings is 2. The van der Waals surface area contributed by atoms with E-state index in [0.717, 1.165) is 5.39 Å². The third-order valence-corrected chi connectivity index (χ3v) is 17.8. The monoisotopic (exact) mass is 1490 g/mol. The summed E-state index contributed by atoms with van der Waals surface area (Å²) in [6.07, 6.45) is 2.52. The number of aliphatic hydroxyl groups excluding tert-OH is 12. The highest BCUT2D eigenvalue weighted by molar-refractivity contribution is 5.86. The van der Waals surface area contributed by atoms with Crippen molar-refractivity contribution in [3.63, 3.8) is 0 Å². The average molecular weight is 1490 g/mol. The van der Waals surface area contributed by atoms with Crippen LogP contribution in [0, 0.1) is 0 Å². The minimum absolute atomic E-state index is 0.0171. The van der Waals surface area contributed by atoms with E-state index >= 15 is 0 Å². The molecule has 10 aromatic heterocycles. The Balaban J connectivity index is 0.000000127. The van der Waals surface area contributed by atoms with Crippen LogP contribution in [0.15, 0.2) is 98.3 Å². The van der Waals surface area contributed by atoms with Gasteiger partial charge >= 0.3 is 11.4 Å². The van der Waals surface area contributed by atoms with Gasteiger partial charge in [0, 0.05) is 69.4 Å². The molecule has 46 heteroatoms. The van der Waals surface area contributed by atoms with Crippen molar-refractivity contribution in [2.45, 2.75) is 149 Å². The highest BCUT2D eigenvalue weighted by atomic mass is 16.6. The summed E-state index contributed by atoms with van der Waals surface area (Å²) in [4.78, 5) is 99.7. The summed E-state index contributed by atoms with van der Waals surface area (Å²) in [6.45, 7) is -1.55. The number of aromatic nitrogens is 18. The molecule has 6 unspecified atom stereocenters. The lowest BCUT2D eigenvalue weighted by Crippen LogP contribution is -2.31. The second-order valence-corrected chi connectivity index (χ2v) is 24.7. The van der Waals surface area contributed by atoms with Gasteiger partial charge in [-0.1, -0.05) is 0 Å². The third kappa shape index (κ3) is 16.7. The van der Waals surface area contributed by atoms with Gasteiger partial charge in [0.1, 0.15) is 109 Å². The molecule has 18 atom stereocenters. The van der Waals surface area contributed by atoms with Gasteiger partial charge in [-0.2, -0.15) is 15.0 Å². The van der Waals surface area contributed by atoms with E-state index in [1.54, 1.807) is 38.5 Å². The quantitative estimate of drug-likeness (QED) is 0.0540. The maximum atomic E-state index is 11.7. The molecule has 0 aromatic carbocycles. The van der Waals surface area contributed by atoms with Crippen molar-refractivity contribution in [2.24, 2.45) is 0 Å². The Kier molecular flexibility index (Phi) is 24.3. The first-order chi connectivity index (χ1) is 50.8. The fourth-order valence-corrected chi connectivity index (χ4v) is 12.4. The van der Waals surface area contributed by atoms with Crippen LogP contribution in [0.25, 0.3) is 44.4 Å². The van der Waals surface area contributed by atoms with Crippen molar-refractivity contribution in [3.8, 4) is 0 Å². The Morgan fingerprint density at radius 1 is 0.377 bits per heavy atom. The van der Waals surface area contributed by atoms with Crippen LogP contribution in [0.1, 0.15) is 75.9 Å². The summed E-state index contributed by atoms with van der Waals surface area (Å²) in [5.74, 6) is 0.858. The van der Waals surface area contributed by atoms with Gasteiger partial charge in [0.2, 0.25) is 11.9 Å². The largest absolute Gasteiger partial charge is 0.394 e. The lowest BCUT2D eigenvalue weighted by molar-refractivity contribution is -0.0459. The predicted molar refractivity (Wildman–Crippen MR) is 363 cm³/mol. The molecule has 25 N–H and O–H groups in total. The molecule has 0 radical (unpaired) electrons. The summed E-state index contributed by atoms with van der Waals surface area (Å²) in [7, 11) is 0. The number of ether oxygens (including phenoxy) is 6. The Bertz CT molecular complexity index is 4730. The van der Waals surface area contributed by atoms with E-state index in [9.17, 15) is 54.6 Å². The standard InChI is InChI=1S/C11H14N4O4.C11H14N4O3.C10H13N5O4.C10H13N5O3.C9H13N3O4.C9H12N2O5/c12-11-13-9-5(10(18)14-11)1-2-15(9)8-3-6(17)7(4-16)19-8;12-10-6-1-2-15(11(6)14-5-13-10)9-3-7(17)8(4-16)18-9;11-10-13-8-7(9(18)14-10)12-3-15(8)6-1-4(17)5(2-16)19-6;11-9-8-10(13-3-12-9)15(4-14-8)7-1-5(17)6(2-16)18-7;10-7-1-2-12(9(15)11-7)8-3-5(14)6(4-13)16-8;12-4-6-5(13)3-8(16-6)11-2-1-7(14)10-9(11)15/h1-2,6-8,16-17H,3-4H2,(H3,12,13,14,18);1-2,5,7-9,16-17H,3-4H2,(H2,12,13,14);3-6,16-17H,1-2H2,(H3,11,13,14,18);3-7,16-17H,1-2H2,(H2,11,12,13);1-2,5-6,8,13-14H,3-4H2,(H2,10,11,15);1-2,5-6,8,12-13H,3-4H2,(H,10,14,15)/t6?,7-,8-;7?,8-,9-;4?,5-,6-;5?,6-,7-;2*5?,6-,8-/m111111/s1. The zero-order valence-electron chi connectivity index (χ0n) is 55.8. The highest BCUT2D eigenvalue weighted by Crippen LogP contribution is 2.36. The first kappa shape index (κ1) is 76.9. The van der Waals surface area contributed by atoms with Crippen molar-refractivity contribution in [2.75, 3.05) is 68.3 Å². The van der Waals surface area contributed by atoms with Crippen molar-refractivity contribution in [1.82, 2.24) is 87.2 Å². The number of nitrogens with two attached hydrogens (primary N) is 5. The van der Waals surface area contributed by atoms with E-state index in [0.29, 0.717) is 58.7 Å². The maximum absolute atomic E-state index is 11.7. The fourth-order valence-electron chi connectivity index (χ4n) is 12.4. The molecule has 0 aliphatic carbocycles. The fraction of sp³-hybridized carbons (Fsp3) is 0.500. The molecule has 16 heterocycles. The van der Waals surface area contributed by atoms with E-state index in [4.69, 9.17) is 87.7 Å². The molecule has 6 saturated heterocycles. The average Bonchev–Trinajstić information content (AvgIpc) is 1.34. The number of aromatic amines is 3. The number of anilines is 5. The molecular weight excluding hydrogens is 1410 g/mol. The van der Waals surface area contributed by atoms with Crippen LogP contribution in [-0.4, -0.2) is 261 Å². The first-order valence-electron chi connectivity index (χ1n) is 32.7. The molecule has 46 nitrogen and oxygen atoms in total. The van der Waals surface area contributed by atoms with Gasteiger partial charge in [0.15, 0.2) is 28.3 Å². The zero-order chi connectivity index (χ0) is 75.9. The number of fused-ring (bicyclic) bond motifs is 4. The van der Waals surface area contributed by atoms with Gasteiger partial charge in [-0.05, 0) is 18.2 Å². The Hall–Kier alpha value is -10.2. The van der Waals surface area contributed by atoms with E-state index in [-0.39, 0.29) is 99.6 Å². The van der Waals surface area contributed by atoms with E-state index in [2.05, 4.69) is 59.8 Å². The van der Waals surface area contributed by atoms with Crippen LogP contribution < -0.4 is 56.7 Å². The number of aliphatic hydroxyl groups is 12. The zero-order valence-corrected chi connectivity index (χ0v) is 55.8. The molecule has 572 valence electrons. The van der Waals surface area contributed by atoms with Crippen LogP contribution in [-0.2, 0) is 28.4 Å². The van der Waals surface area contributed by atoms with Gasteiger partial charge in [0.25, 0.3) is 16.7 Å². The first-order valence-corrected chi connectivity index (χ1v) is 32.7. The van der Waals surface area contributed by atoms with Gasteiger partial charge in [-0.25, -0.2) is 39.5 Å². The topological polar surface area (TPSA) is 707 Å². The smallest absolute Gasteiger partial charge is 0.351 e. The van der Waals surface area contributed by atoms with E-state index in [1.165, 1.54) is 57.2 Å². The minimum atomic E-state index is -0.811. The number of hydrogen-bond acceptors (Lipinski definition) is 37. The summed E-state index contributed by atoms with van der Waals surface area (Å²) in [5.41, 5.74) is 28.0. The van der Waals surface area contributed by atoms with Crippen LogP contribution in [0.4, 0.5) is 29.4 Å². The van der Waals surface area contributed by atoms with Crippen molar-refractivity contribution in [1.29, 1.82) is 0 Å². The molecule has 0 spiro atoms. The van der Waals surface area contributed by atoms with Crippen LogP contribution in [0.3, 0.4) is 0 Å². The Morgan fingerprint density at radius 3 is 1.22 bits per heavy atom. The molecular formula is C60H79N23O23. The molecule has 6 aliphatic rings. The molecule has 106 heavy (non-hydrogen) atoms. The van der Waals surface area contributed by atoms with Crippen LogP contribution in [0.2, 0.25) is 0 Å². The maximum Gasteiger partial charge on any atom is 0.351 e. The molecule has 6 aliphatic heterocycles. The number of nitrogens with zero attached hydrogens (tertiary/aromatic N) is 15. The predicted octanol–water partition coefficient (Wildman–Crippen LogP) is -7.36. The van der Waals surface area contributed by atoms with E-state index < -0.39 is 127 Å². The van der Waals surface area contributed by atoms with Crippen molar-refractivity contribution in [3.05, 3.63) is 126 Å². The third-order valence-electron chi connectivity index (χ3n) is 17.8. The lowest BCUT2D eigenvalue weighted by atomic mass is 10.2. The van der Waals surface area contributed by atoms with Crippen molar-refractivity contribution < 1.29 is 89.7 Å². The molecule has 0 bridgehead atoms. The minimum Gasteiger partial charge on any atom is -0.394 e. The van der Waals surface area contributed by atoms with Gasteiger partial charge < -0.3 is 128 Å². The summed E-state index contributed by atoms with van der Waals surface area (Å²) < 4.78 is 41.8. The highest BCUT2D eigenvalue weighted by Gasteiger charge is 2.40. The van der Waals surface area contributed by atoms with E-state index in [1.807, 2.05) is 6.07 Å². The number of nitrogen functional groups attached to an aromatic ring is 5. The van der Waals surface area contributed by atoms with Gasteiger partial charge in [-0.15, -0.1) is 0 Å². The van der Waals surface area contributed by atoms with Crippen LogP contribution >= 0.6 is 0 Å². The summed E-state index contributed by atoms with van der Waals surface area (Å²) in [6, 6.07) is 6.10. The Labute approximate surface area is 592 Å². The SMILES string of the molecule is Nc1ccn([C@H]2CC(O)[C@@H](CO)O2)c(=O)n1.Nc1nc2c(ccn2[C@H]2CC(O)[C@@H](CO)O2)c(=O)[nH]1.Nc1nc2c(ncn2[C@H]2CC(O)[C@@H](CO)O2)c(=O)[nH]1.Nc1ncnc2c1ccn2[C@H]1CC(O)[C@@H](CO)O1.Nc1ncnc2c1ncn2[C@H]1CC(O)[C@@H](CO)O1.O=c1ccn([C@H]2CC(O)[C@@H](CO)O2)c(=O)[nH]1. The summed E-state index contributed by atoms with van der Waals surface area (Å²) in [5, 5.41) is 113. The number of nitrogens with one attached hydrogen (secondary N) is 3. The lowest BCUT2D eigenvalue weighted by Gasteiger charge is -2.14. The van der Waals surface area contributed by atoms with Gasteiger partial charge in [-0.3, -0.25) is 47.6 Å². The summed E-state index contributed by atoms with van der Waals surface area (Å²) >= 11 is 0. The number of hydrogen-bond donors (Lipinski definition) is 20. The van der Waals surface area contributed by atoms with Crippen LogP contribution in [0.5, 0.6) is 0 Å². The Morgan fingerprint density at radius 2 is 0.755 bits per heavy atom. The second-order valence-electron chi connectivity index (χ2n) is 24.7. The number of H-pyrrole nitrogens is 3.